The number of hydrogen-bond acceptors (Lipinski definition) is 4. The molecule has 5 nitrogen and oxygen atoms in total. The first-order chi connectivity index (χ1) is 11.0. The Kier molecular flexibility index (Phi) is 4.21. The van der Waals surface area contributed by atoms with Crippen LogP contribution in [0.4, 0.5) is 5.69 Å². The highest BCUT2D eigenvalue weighted by Crippen LogP contribution is 2.26. The van der Waals surface area contributed by atoms with E-state index >= 15 is 0 Å². The molecule has 2 aromatic carbocycles. The van der Waals surface area contributed by atoms with Gasteiger partial charge in [0.05, 0.1) is 11.4 Å². The quantitative estimate of drug-likeness (QED) is 0.846. The van der Waals surface area contributed by atoms with Crippen molar-refractivity contribution in [3.63, 3.8) is 0 Å². The summed E-state index contributed by atoms with van der Waals surface area (Å²) < 4.78 is 0. The van der Waals surface area contributed by atoms with Gasteiger partial charge in [0.2, 0.25) is 6.10 Å². The standard InChI is InChI=1S/C17H15ClN2O3/c1-10-6-7-15(21)14(8-10)19-17(22)16-9-13(20-23-16)11-4-2-3-5-12(11)18/h2-8,16,21H,9H2,1H3,(H,19,22)/t16-/m0/s1. The van der Waals surface area contributed by atoms with Crippen LogP contribution >= 0.6 is 11.6 Å². The fourth-order valence-electron chi connectivity index (χ4n) is 2.34. The Balaban J connectivity index is 1.69. The van der Waals surface area contributed by atoms with E-state index in [1.54, 1.807) is 18.2 Å². The Morgan fingerprint density at radius 2 is 2.13 bits per heavy atom. The van der Waals surface area contributed by atoms with Crippen LogP contribution in [0.5, 0.6) is 5.75 Å². The van der Waals surface area contributed by atoms with Crippen molar-refractivity contribution in [3.8, 4) is 5.75 Å². The first-order valence-electron chi connectivity index (χ1n) is 7.12. The third kappa shape index (κ3) is 3.29. The largest absolute Gasteiger partial charge is 0.506 e. The number of amides is 1. The summed E-state index contributed by atoms with van der Waals surface area (Å²) in [6.07, 6.45) is -0.427. The van der Waals surface area contributed by atoms with Crippen molar-refractivity contribution < 1.29 is 14.7 Å². The molecule has 118 valence electrons. The first kappa shape index (κ1) is 15.4. The molecule has 0 saturated heterocycles. The van der Waals surface area contributed by atoms with Gasteiger partial charge in [-0.3, -0.25) is 4.79 Å². The monoisotopic (exact) mass is 330 g/mol. The van der Waals surface area contributed by atoms with Crippen LogP contribution in [0, 0.1) is 6.92 Å². The van der Waals surface area contributed by atoms with Gasteiger partial charge < -0.3 is 15.3 Å². The molecule has 3 rings (SSSR count). The van der Waals surface area contributed by atoms with Crippen LogP contribution in [0.15, 0.2) is 47.6 Å². The zero-order valence-electron chi connectivity index (χ0n) is 12.4. The van der Waals surface area contributed by atoms with E-state index in [1.165, 1.54) is 6.07 Å². The molecule has 23 heavy (non-hydrogen) atoms. The van der Waals surface area contributed by atoms with Crippen molar-refractivity contribution in [3.05, 3.63) is 58.6 Å². The third-order valence-electron chi connectivity index (χ3n) is 3.56. The lowest BCUT2D eigenvalue weighted by molar-refractivity contribution is -0.125. The van der Waals surface area contributed by atoms with Crippen molar-refractivity contribution in [2.24, 2.45) is 5.16 Å². The van der Waals surface area contributed by atoms with Crippen LogP contribution in [0.3, 0.4) is 0 Å². The number of benzene rings is 2. The topological polar surface area (TPSA) is 70.9 Å². The maximum atomic E-state index is 12.3. The van der Waals surface area contributed by atoms with E-state index in [4.69, 9.17) is 16.4 Å². The van der Waals surface area contributed by atoms with E-state index in [-0.39, 0.29) is 11.7 Å². The summed E-state index contributed by atoms with van der Waals surface area (Å²) in [7, 11) is 0. The molecule has 1 heterocycles. The Labute approximate surface area is 138 Å². The number of rotatable bonds is 3. The maximum Gasteiger partial charge on any atom is 0.268 e. The molecule has 1 amide bonds. The van der Waals surface area contributed by atoms with Crippen LogP contribution in [0.25, 0.3) is 0 Å². The summed E-state index contributed by atoms with van der Waals surface area (Å²) in [5.74, 6) is -0.356. The molecule has 6 heteroatoms. The smallest absolute Gasteiger partial charge is 0.268 e. The first-order valence-corrected chi connectivity index (χ1v) is 7.50. The highest BCUT2D eigenvalue weighted by molar-refractivity contribution is 6.34. The molecule has 1 atom stereocenters. The number of aromatic hydroxyl groups is 1. The number of carbonyl (C=O) groups is 1. The lowest BCUT2D eigenvalue weighted by Crippen LogP contribution is -2.28. The van der Waals surface area contributed by atoms with Gasteiger partial charge in [0.25, 0.3) is 5.91 Å². The second-order valence-corrected chi connectivity index (χ2v) is 5.73. The molecule has 0 unspecified atom stereocenters. The Morgan fingerprint density at radius 1 is 1.35 bits per heavy atom. The van der Waals surface area contributed by atoms with Crippen molar-refractivity contribution in [2.75, 3.05) is 5.32 Å². The predicted molar refractivity (Wildman–Crippen MR) is 89.0 cm³/mol. The van der Waals surface area contributed by atoms with Crippen LogP contribution in [0.2, 0.25) is 5.02 Å². The lowest BCUT2D eigenvalue weighted by atomic mass is 10.0. The predicted octanol–water partition coefficient (Wildman–Crippen LogP) is 3.49. The fraction of sp³-hybridized carbons (Fsp3) is 0.176. The van der Waals surface area contributed by atoms with Gasteiger partial charge in [-0.1, -0.05) is 41.0 Å². The Bertz CT molecular complexity index is 789. The van der Waals surface area contributed by atoms with E-state index in [1.807, 2.05) is 25.1 Å². The van der Waals surface area contributed by atoms with Crippen molar-refractivity contribution in [2.45, 2.75) is 19.4 Å². The molecule has 0 fully saturated rings. The van der Waals surface area contributed by atoms with Gasteiger partial charge in [0.1, 0.15) is 5.75 Å². The van der Waals surface area contributed by atoms with Crippen molar-refractivity contribution in [1.82, 2.24) is 0 Å². The van der Waals surface area contributed by atoms with E-state index in [2.05, 4.69) is 10.5 Å². The fourth-order valence-corrected chi connectivity index (χ4v) is 2.58. The number of halogens is 1. The SMILES string of the molecule is Cc1ccc(O)c(NC(=O)[C@@H]2CC(c3ccccc3Cl)=NO2)c1. The average molecular weight is 331 g/mol. The zero-order chi connectivity index (χ0) is 16.4. The highest BCUT2D eigenvalue weighted by atomic mass is 35.5. The van der Waals surface area contributed by atoms with Gasteiger partial charge in [0.15, 0.2) is 0 Å². The summed E-state index contributed by atoms with van der Waals surface area (Å²) in [6.45, 7) is 1.87. The molecular weight excluding hydrogens is 316 g/mol. The van der Waals surface area contributed by atoms with Crippen molar-refractivity contribution in [1.29, 1.82) is 0 Å². The molecule has 0 spiro atoms. The van der Waals surface area contributed by atoms with E-state index in [0.717, 1.165) is 11.1 Å². The van der Waals surface area contributed by atoms with E-state index in [9.17, 15) is 9.90 Å². The number of oxime groups is 1. The van der Waals surface area contributed by atoms with Gasteiger partial charge in [-0.25, -0.2) is 0 Å². The number of nitrogens with zero attached hydrogens (tertiary/aromatic N) is 1. The number of aryl methyl sites for hydroxylation is 1. The molecule has 1 aliphatic heterocycles. The number of phenols is 1. The summed E-state index contributed by atoms with van der Waals surface area (Å²) in [5.41, 5.74) is 2.66. The number of nitrogens with one attached hydrogen (secondary N) is 1. The molecule has 2 N–H and O–H groups in total. The molecule has 0 aromatic heterocycles. The van der Waals surface area contributed by atoms with Crippen LogP contribution in [-0.2, 0) is 9.63 Å². The third-order valence-corrected chi connectivity index (χ3v) is 3.89. The molecular formula is C17H15ClN2O3. The summed E-state index contributed by atoms with van der Waals surface area (Å²) in [5, 5.41) is 17.0. The Morgan fingerprint density at radius 3 is 2.91 bits per heavy atom. The van der Waals surface area contributed by atoms with Gasteiger partial charge >= 0.3 is 0 Å². The average Bonchev–Trinajstić information content (AvgIpc) is 3.01. The molecule has 0 bridgehead atoms. The summed E-state index contributed by atoms with van der Waals surface area (Å²) >= 11 is 6.13. The van der Waals surface area contributed by atoms with E-state index < -0.39 is 6.10 Å². The molecule has 0 aliphatic carbocycles. The molecule has 2 aromatic rings. The van der Waals surface area contributed by atoms with Gasteiger partial charge in [-0.2, -0.15) is 0 Å². The second kappa shape index (κ2) is 6.30. The molecule has 0 radical (unpaired) electrons. The summed E-state index contributed by atoms with van der Waals surface area (Å²) in [6, 6.07) is 12.3. The second-order valence-electron chi connectivity index (χ2n) is 5.33. The van der Waals surface area contributed by atoms with Gasteiger partial charge in [0, 0.05) is 17.0 Å². The van der Waals surface area contributed by atoms with Crippen molar-refractivity contribution >= 4 is 28.9 Å². The van der Waals surface area contributed by atoms with Gasteiger partial charge in [-0.15, -0.1) is 0 Å². The van der Waals surface area contributed by atoms with Crippen LogP contribution in [0.1, 0.15) is 17.5 Å². The number of phenolic OH excluding ortho intramolecular Hbond substituents is 1. The number of carbonyl (C=O) groups excluding carboxylic acids is 1. The number of hydrogen-bond donors (Lipinski definition) is 2. The lowest BCUT2D eigenvalue weighted by Gasteiger charge is -2.11. The van der Waals surface area contributed by atoms with Crippen LogP contribution in [-0.4, -0.2) is 22.8 Å². The maximum absolute atomic E-state index is 12.3. The highest BCUT2D eigenvalue weighted by Gasteiger charge is 2.30. The normalized spacial score (nSPS) is 16.6. The van der Waals surface area contributed by atoms with Gasteiger partial charge in [-0.05, 0) is 30.7 Å². The van der Waals surface area contributed by atoms with E-state index in [0.29, 0.717) is 22.8 Å². The minimum atomic E-state index is -0.749. The zero-order valence-corrected chi connectivity index (χ0v) is 13.2. The molecule has 1 aliphatic rings. The summed E-state index contributed by atoms with van der Waals surface area (Å²) in [4.78, 5) is 17.5. The minimum absolute atomic E-state index is 0.00851. The molecule has 0 saturated carbocycles. The minimum Gasteiger partial charge on any atom is -0.506 e. The Hall–Kier alpha value is -2.53. The number of anilines is 1. The van der Waals surface area contributed by atoms with Crippen LogP contribution < -0.4 is 5.32 Å².